The SMILES string of the molecule is CCCN(C(=O)Nc1ccccc1)C(C)(CC)CN. The third kappa shape index (κ3) is 3.96. The van der Waals surface area contributed by atoms with Crippen molar-refractivity contribution in [1.29, 1.82) is 0 Å². The maximum absolute atomic E-state index is 12.4. The van der Waals surface area contributed by atoms with E-state index in [1.165, 1.54) is 0 Å². The van der Waals surface area contributed by atoms with Gasteiger partial charge in [0.2, 0.25) is 0 Å². The Bertz CT molecular complexity index is 388. The molecular formula is C15H25N3O. The average molecular weight is 263 g/mol. The van der Waals surface area contributed by atoms with E-state index in [-0.39, 0.29) is 11.6 Å². The number of nitrogens with two attached hydrogens (primary N) is 1. The molecule has 1 rings (SSSR count). The summed E-state index contributed by atoms with van der Waals surface area (Å²) < 4.78 is 0. The molecule has 3 N–H and O–H groups in total. The maximum atomic E-state index is 12.4. The minimum Gasteiger partial charge on any atom is -0.328 e. The average Bonchev–Trinajstić information content (AvgIpc) is 2.45. The number of carbonyl (C=O) groups is 1. The number of nitrogens with one attached hydrogen (secondary N) is 1. The van der Waals surface area contributed by atoms with Crippen molar-refractivity contribution in [3.8, 4) is 0 Å². The van der Waals surface area contributed by atoms with Crippen LogP contribution in [0.2, 0.25) is 0 Å². The zero-order valence-electron chi connectivity index (χ0n) is 12.1. The van der Waals surface area contributed by atoms with Crippen molar-refractivity contribution in [3.05, 3.63) is 30.3 Å². The number of benzene rings is 1. The first-order valence-electron chi connectivity index (χ1n) is 6.91. The zero-order chi connectivity index (χ0) is 14.3. The number of nitrogens with zero attached hydrogens (tertiary/aromatic N) is 1. The van der Waals surface area contributed by atoms with E-state index in [1.54, 1.807) is 0 Å². The van der Waals surface area contributed by atoms with Gasteiger partial charge in [0.05, 0.1) is 5.54 Å². The number of hydrogen-bond acceptors (Lipinski definition) is 2. The van der Waals surface area contributed by atoms with Gasteiger partial charge in [0, 0.05) is 18.8 Å². The van der Waals surface area contributed by atoms with E-state index >= 15 is 0 Å². The molecule has 0 aliphatic rings. The third-order valence-corrected chi connectivity index (χ3v) is 3.57. The lowest BCUT2D eigenvalue weighted by Gasteiger charge is -2.40. The van der Waals surface area contributed by atoms with Gasteiger partial charge < -0.3 is 16.0 Å². The minimum absolute atomic E-state index is 0.0807. The molecule has 1 unspecified atom stereocenters. The molecule has 0 saturated carbocycles. The maximum Gasteiger partial charge on any atom is 0.322 e. The van der Waals surface area contributed by atoms with E-state index < -0.39 is 0 Å². The number of carbonyl (C=O) groups excluding carboxylic acids is 1. The third-order valence-electron chi connectivity index (χ3n) is 3.57. The van der Waals surface area contributed by atoms with Crippen LogP contribution in [0.1, 0.15) is 33.6 Å². The monoisotopic (exact) mass is 263 g/mol. The molecule has 4 heteroatoms. The lowest BCUT2D eigenvalue weighted by atomic mass is 9.96. The molecule has 0 fully saturated rings. The molecule has 0 aromatic heterocycles. The summed E-state index contributed by atoms with van der Waals surface area (Å²) in [7, 11) is 0. The van der Waals surface area contributed by atoms with Crippen molar-refractivity contribution >= 4 is 11.7 Å². The highest BCUT2D eigenvalue weighted by Crippen LogP contribution is 2.20. The van der Waals surface area contributed by atoms with Crippen LogP contribution >= 0.6 is 0 Å². The minimum atomic E-state index is -0.297. The summed E-state index contributed by atoms with van der Waals surface area (Å²) in [6, 6.07) is 9.42. The first kappa shape index (κ1) is 15.5. The Morgan fingerprint density at radius 3 is 2.42 bits per heavy atom. The van der Waals surface area contributed by atoms with Crippen LogP contribution in [0.25, 0.3) is 0 Å². The lowest BCUT2D eigenvalue weighted by molar-refractivity contribution is 0.135. The molecule has 2 amide bonds. The van der Waals surface area contributed by atoms with Crippen molar-refractivity contribution in [2.45, 2.75) is 39.2 Å². The Morgan fingerprint density at radius 2 is 1.95 bits per heavy atom. The fraction of sp³-hybridized carbons (Fsp3) is 0.533. The molecule has 0 saturated heterocycles. The first-order chi connectivity index (χ1) is 9.07. The van der Waals surface area contributed by atoms with Gasteiger partial charge in [-0.1, -0.05) is 32.0 Å². The summed E-state index contributed by atoms with van der Waals surface area (Å²) in [5.74, 6) is 0. The first-order valence-corrected chi connectivity index (χ1v) is 6.91. The van der Waals surface area contributed by atoms with Gasteiger partial charge in [-0.25, -0.2) is 4.79 Å². The Labute approximate surface area is 116 Å². The smallest absolute Gasteiger partial charge is 0.322 e. The highest BCUT2D eigenvalue weighted by atomic mass is 16.2. The molecule has 0 spiro atoms. The van der Waals surface area contributed by atoms with Gasteiger partial charge in [0.25, 0.3) is 0 Å². The van der Waals surface area contributed by atoms with Gasteiger partial charge in [-0.3, -0.25) is 0 Å². The lowest BCUT2D eigenvalue weighted by Crippen LogP contribution is -2.55. The molecule has 0 aliphatic carbocycles. The van der Waals surface area contributed by atoms with E-state index in [2.05, 4.69) is 19.2 Å². The molecule has 0 aliphatic heterocycles. The fourth-order valence-corrected chi connectivity index (χ4v) is 2.00. The van der Waals surface area contributed by atoms with Gasteiger partial charge in [-0.2, -0.15) is 0 Å². The van der Waals surface area contributed by atoms with Gasteiger partial charge in [0.15, 0.2) is 0 Å². The molecule has 0 radical (unpaired) electrons. The number of para-hydroxylation sites is 1. The second-order valence-electron chi connectivity index (χ2n) is 5.00. The molecule has 1 atom stereocenters. The van der Waals surface area contributed by atoms with Crippen molar-refractivity contribution < 1.29 is 4.79 Å². The van der Waals surface area contributed by atoms with E-state index in [0.717, 1.165) is 18.5 Å². The molecule has 1 aromatic carbocycles. The molecular weight excluding hydrogens is 238 g/mol. The van der Waals surface area contributed by atoms with E-state index in [4.69, 9.17) is 5.73 Å². The summed E-state index contributed by atoms with van der Waals surface area (Å²) in [6.07, 6.45) is 1.75. The predicted molar refractivity (Wildman–Crippen MR) is 80.2 cm³/mol. The molecule has 19 heavy (non-hydrogen) atoms. The number of urea groups is 1. The van der Waals surface area contributed by atoms with Crippen molar-refractivity contribution in [3.63, 3.8) is 0 Å². The molecule has 1 aromatic rings. The Balaban J connectivity index is 2.84. The van der Waals surface area contributed by atoms with E-state index in [0.29, 0.717) is 13.1 Å². The quantitative estimate of drug-likeness (QED) is 0.828. The van der Waals surface area contributed by atoms with Crippen LogP contribution in [0, 0.1) is 0 Å². The van der Waals surface area contributed by atoms with Gasteiger partial charge >= 0.3 is 6.03 Å². The topological polar surface area (TPSA) is 58.4 Å². The number of hydrogen-bond donors (Lipinski definition) is 2. The van der Waals surface area contributed by atoms with E-state index in [1.807, 2.05) is 42.2 Å². The highest BCUT2D eigenvalue weighted by molar-refractivity contribution is 5.89. The van der Waals surface area contributed by atoms with Crippen molar-refractivity contribution in [2.75, 3.05) is 18.4 Å². The fourth-order valence-electron chi connectivity index (χ4n) is 2.00. The molecule has 106 valence electrons. The van der Waals surface area contributed by atoms with E-state index in [9.17, 15) is 4.79 Å². The Hall–Kier alpha value is -1.55. The summed E-state index contributed by atoms with van der Waals surface area (Å²) in [6.45, 7) is 7.33. The Kier molecular flexibility index (Phi) is 5.83. The van der Waals surface area contributed by atoms with Crippen LogP contribution in [-0.2, 0) is 0 Å². The van der Waals surface area contributed by atoms with Gasteiger partial charge in [-0.05, 0) is 31.9 Å². The van der Waals surface area contributed by atoms with Crippen molar-refractivity contribution in [1.82, 2.24) is 4.90 Å². The Morgan fingerprint density at radius 1 is 1.32 bits per heavy atom. The summed E-state index contributed by atoms with van der Waals surface area (Å²) >= 11 is 0. The zero-order valence-corrected chi connectivity index (χ0v) is 12.1. The normalized spacial score (nSPS) is 13.7. The van der Waals surface area contributed by atoms with Crippen LogP contribution in [0.15, 0.2) is 30.3 Å². The van der Waals surface area contributed by atoms with Crippen LogP contribution in [-0.4, -0.2) is 29.6 Å². The predicted octanol–water partition coefficient (Wildman–Crippen LogP) is 3.06. The number of rotatable bonds is 6. The van der Waals surface area contributed by atoms with Crippen LogP contribution in [0.3, 0.4) is 0 Å². The highest BCUT2D eigenvalue weighted by Gasteiger charge is 2.31. The van der Waals surface area contributed by atoms with Gasteiger partial charge in [-0.15, -0.1) is 0 Å². The second kappa shape index (κ2) is 7.14. The summed E-state index contributed by atoms with van der Waals surface area (Å²) in [5.41, 5.74) is 6.37. The second-order valence-corrected chi connectivity index (χ2v) is 5.00. The number of anilines is 1. The van der Waals surface area contributed by atoms with Crippen LogP contribution in [0.4, 0.5) is 10.5 Å². The largest absolute Gasteiger partial charge is 0.328 e. The molecule has 0 heterocycles. The summed E-state index contributed by atoms with van der Waals surface area (Å²) in [4.78, 5) is 14.3. The van der Waals surface area contributed by atoms with Crippen LogP contribution in [0.5, 0.6) is 0 Å². The van der Waals surface area contributed by atoms with Crippen molar-refractivity contribution in [2.24, 2.45) is 5.73 Å². The van der Waals surface area contributed by atoms with Crippen LogP contribution < -0.4 is 11.1 Å². The molecule has 0 bridgehead atoms. The number of amides is 2. The van der Waals surface area contributed by atoms with Gasteiger partial charge in [0.1, 0.15) is 0 Å². The summed E-state index contributed by atoms with van der Waals surface area (Å²) in [5, 5.41) is 2.93. The standard InChI is InChI=1S/C15H25N3O/c1-4-11-18(15(3,5-2)12-16)14(19)17-13-9-7-6-8-10-13/h6-10H,4-5,11-12,16H2,1-3H3,(H,17,19). The molecule has 4 nitrogen and oxygen atoms in total.